The lowest BCUT2D eigenvalue weighted by atomic mass is 10.1. The molecule has 7 nitrogen and oxygen atoms in total. The lowest BCUT2D eigenvalue weighted by molar-refractivity contribution is -0.118. The molecule has 0 spiro atoms. The molecule has 2 heterocycles. The quantitative estimate of drug-likeness (QED) is 0.426. The number of thioether (sulfide) groups is 1. The summed E-state index contributed by atoms with van der Waals surface area (Å²) in [6.45, 7) is 2.56. The van der Waals surface area contributed by atoms with Crippen LogP contribution in [0.1, 0.15) is 53.8 Å². The minimum absolute atomic E-state index is 0.0435. The number of ketones is 1. The Morgan fingerprint density at radius 3 is 2.86 bits per heavy atom. The Kier molecular flexibility index (Phi) is 5.21. The van der Waals surface area contributed by atoms with Crippen molar-refractivity contribution in [1.29, 1.82) is 0 Å². The average Bonchev–Trinajstić information content (AvgIpc) is 3.31. The predicted molar refractivity (Wildman–Crippen MR) is 109 cm³/mol. The highest BCUT2D eigenvalue weighted by Crippen LogP contribution is 2.40. The van der Waals surface area contributed by atoms with Gasteiger partial charge >= 0.3 is 0 Å². The van der Waals surface area contributed by atoms with E-state index in [1.807, 2.05) is 16.7 Å². The van der Waals surface area contributed by atoms with Gasteiger partial charge in [0.25, 0.3) is 0 Å². The van der Waals surface area contributed by atoms with Crippen molar-refractivity contribution in [2.75, 3.05) is 5.75 Å². The number of nitrogens with zero attached hydrogens (tertiary/aromatic N) is 3. The van der Waals surface area contributed by atoms with Gasteiger partial charge in [-0.2, -0.15) is 0 Å². The van der Waals surface area contributed by atoms with Crippen molar-refractivity contribution >= 4 is 34.4 Å². The zero-order valence-corrected chi connectivity index (χ0v) is 16.6. The highest BCUT2D eigenvalue weighted by molar-refractivity contribution is 7.99. The fraction of sp³-hybridized carbons (Fsp3) is 0.400. The largest absolute Gasteiger partial charge is 0.370 e. The number of primary amides is 1. The third-order valence-corrected chi connectivity index (χ3v) is 6.05. The molecule has 28 heavy (non-hydrogen) atoms. The maximum absolute atomic E-state index is 12.9. The van der Waals surface area contributed by atoms with E-state index in [1.165, 1.54) is 17.3 Å². The molecule has 0 atom stereocenters. The molecule has 1 amide bonds. The van der Waals surface area contributed by atoms with Gasteiger partial charge in [0, 0.05) is 41.5 Å². The van der Waals surface area contributed by atoms with Gasteiger partial charge in [-0.3, -0.25) is 9.59 Å². The smallest absolute Gasteiger partial charge is 0.219 e. The van der Waals surface area contributed by atoms with Gasteiger partial charge in [-0.15, -0.1) is 10.2 Å². The minimum Gasteiger partial charge on any atom is -0.370 e. The molecule has 0 aliphatic heterocycles. The van der Waals surface area contributed by atoms with Gasteiger partial charge in [0.05, 0.1) is 5.75 Å². The van der Waals surface area contributed by atoms with Crippen molar-refractivity contribution in [3.8, 4) is 0 Å². The summed E-state index contributed by atoms with van der Waals surface area (Å²) in [5.74, 6) is 1.26. The first-order valence-electron chi connectivity index (χ1n) is 9.54. The maximum Gasteiger partial charge on any atom is 0.219 e. The Morgan fingerprint density at radius 2 is 2.14 bits per heavy atom. The number of aromatic amines is 1. The molecule has 1 aliphatic rings. The van der Waals surface area contributed by atoms with Crippen molar-refractivity contribution in [3.63, 3.8) is 0 Å². The molecule has 1 saturated carbocycles. The Morgan fingerprint density at radius 1 is 1.32 bits per heavy atom. The fourth-order valence-electron chi connectivity index (χ4n) is 3.43. The van der Waals surface area contributed by atoms with E-state index < -0.39 is 0 Å². The average molecular weight is 398 g/mol. The van der Waals surface area contributed by atoms with Crippen LogP contribution >= 0.6 is 11.8 Å². The molecule has 0 radical (unpaired) electrons. The number of hydrogen-bond acceptors (Lipinski definition) is 5. The van der Waals surface area contributed by atoms with Crippen LogP contribution in [0.2, 0.25) is 0 Å². The number of aromatic nitrogens is 4. The van der Waals surface area contributed by atoms with Crippen LogP contribution in [0.15, 0.2) is 29.6 Å². The van der Waals surface area contributed by atoms with Gasteiger partial charge in [-0.25, -0.2) is 0 Å². The van der Waals surface area contributed by atoms with E-state index in [-0.39, 0.29) is 23.9 Å². The van der Waals surface area contributed by atoms with Crippen molar-refractivity contribution in [3.05, 3.63) is 41.3 Å². The molecule has 0 unspecified atom stereocenters. The van der Waals surface area contributed by atoms with Gasteiger partial charge in [0.1, 0.15) is 5.82 Å². The summed E-state index contributed by atoms with van der Waals surface area (Å²) in [5.41, 5.74) is 8.23. The van der Waals surface area contributed by atoms with Crippen LogP contribution in [-0.4, -0.2) is 37.2 Å². The molecule has 3 N–H and O–H groups in total. The van der Waals surface area contributed by atoms with E-state index in [9.17, 15) is 9.59 Å². The summed E-state index contributed by atoms with van der Waals surface area (Å²) < 4.78 is 1.95. The van der Waals surface area contributed by atoms with Crippen LogP contribution in [0.3, 0.4) is 0 Å². The number of rotatable bonds is 9. The van der Waals surface area contributed by atoms with Crippen LogP contribution < -0.4 is 5.73 Å². The molecule has 1 fully saturated rings. The van der Waals surface area contributed by atoms with Crippen LogP contribution in [0.25, 0.3) is 10.9 Å². The van der Waals surface area contributed by atoms with E-state index in [4.69, 9.17) is 5.73 Å². The first kappa shape index (κ1) is 18.7. The van der Waals surface area contributed by atoms with Crippen LogP contribution in [-0.2, 0) is 17.8 Å². The summed E-state index contributed by atoms with van der Waals surface area (Å²) in [6, 6.07) is 6.03. The van der Waals surface area contributed by atoms with Gasteiger partial charge in [-0.1, -0.05) is 36.9 Å². The maximum atomic E-state index is 12.9. The lowest BCUT2D eigenvalue weighted by Gasteiger charge is -2.08. The molecular weight excluding hydrogens is 374 g/mol. The first-order chi connectivity index (χ1) is 13.6. The number of amides is 1. The zero-order chi connectivity index (χ0) is 19.7. The molecule has 1 aromatic carbocycles. The number of benzene rings is 1. The molecule has 3 aromatic rings. The number of para-hydroxylation sites is 1. The van der Waals surface area contributed by atoms with Crippen molar-refractivity contribution in [1.82, 2.24) is 19.7 Å². The molecular formula is C20H23N5O2S. The van der Waals surface area contributed by atoms with Crippen molar-refractivity contribution in [2.24, 2.45) is 5.73 Å². The number of fused-ring (bicyclic) bond motifs is 1. The molecule has 8 heteroatoms. The Hall–Kier alpha value is -2.61. The van der Waals surface area contributed by atoms with Gasteiger partial charge in [0.15, 0.2) is 10.9 Å². The summed E-state index contributed by atoms with van der Waals surface area (Å²) >= 11 is 1.36. The van der Waals surface area contributed by atoms with Crippen LogP contribution in [0, 0.1) is 0 Å². The monoisotopic (exact) mass is 397 g/mol. The normalized spacial score (nSPS) is 13.9. The SMILES string of the molecule is CCc1cccc2c(C(=O)CSc3nnc(C4CC4)n3CCC(N)=O)c[nH]c12. The number of nitrogens with one attached hydrogen (secondary N) is 1. The second-order valence-corrected chi connectivity index (χ2v) is 8.03. The second kappa shape index (κ2) is 7.79. The van der Waals surface area contributed by atoms with Crippen molar-refractivity contribution in [2.45, 2.75) is 50.2 Å². The van der Waals surface area contributed by atoms with Crippen molar-refractivity contribution < 1.29 is 9.59 Å². The van der Waals surface area contributed by atoms with E-state index in [0.29, 0.717) is 23.2 Å². The van der Waals surface area contributed by atoms with E-state index >= 15 is 0 Å². The number of Topliss-reactive ketones (excluding diaryl/α,β-unsaturated/α-hetero) is 1. The van der Waals surface area contributed by atoms with E-state index in [0.717, 1.165) is 36.0 Å². The fourth-order valence-corrected chi connectivity index (χ4v) is 4.29. The molecule has 2 aromatic heterocycles. The molecule has 1 aliphatic carbocycles. The number of nitrogens with two attached hydrogens (primary N) is 1. The van der Waals surface area contributed by atoms with Crippen LogP contribution in [0.5, 0.6) is 0 Å². The van der Waals surface area contributed by atoms with Gasteiger partial charge < -0.3 is 15.3 Å². The zero-order valence-electron chi connectivity index (χ0n) is 15.8. The molecule has 0 bridgehead atoms. The third-order valence-electron chi connectivity index (χ3n) is 5.09. The summed E-state index contributed by atoms with van der Waals surface area (Å²) in [5, 5.41) is 10.2. The Bertz CT molecular complexity index is 1030. The topological polar surface area (TPSA) is 107 Å². The highest BCUT2D eigenvalue weighted by Gasteiger charge is 2.30. The number of hydrogen-bond donors (Lipinski definition) is 2. The molecule has 4 rings (SSSR count). The summed E-state index contributed by atoms with van der Waals surface area (Å²) in [4.78, 5) is 27.3. The number of aryl methyl sites for hydroxylation is 1. The Balaban J connectivity index is 1.52. The lowest BCUT2D eigenvalue weighted by Crippen LogP contribution is -2.16. The number of carbonyl (C=O) groups excluding carboxylic acids is 2. The van der Waals surface area contributed by atoms with E-state index in [2.05, 4.69) is 28.2 Å². The predicted octanol–water partition coefficient (Wildman–Crippen LogP) is 3.05. The summed E-state index contributed by atoms with van der Waals surface area (Å²) in [7, 11) is 0. The molecule has 0 saturated heterocycles. The summed E-state index contributed by atoms with van der Waals surface area (Å²) in [6.07, 6.45) is 5.12. The first-order valence-corrected chi connectivity index (χ1v) is 10.5. The Labute approximate surface area is 167 Å². The standard InChI is InChI=1S/C20H23N5O2S/c1-2-12-4-3-5-14-15(10-22-18(12)14)16(26)11-28-20-24-23-19(13-6-7-13)25(20)9-8-17(21)27/h3-5,10,13,22H,2,6-9,11H2,1H3,(H2,21,27). The van der Waals surface area contributed by atoms with E-state index in [1.54, 1.807) is 6.20 Å². The molecule has 146 valence electrons. The van der Waals surface area contributed by atoms with Crippen LogP contribution in [0.4, 0.5) is 0 Å². The number of carbonyl (C=O) groups is 2. The van der Waals surface area contributed by atoms with Gasteiger partial charge in [-0.05, 0) is 24.8 Å². The number of H-pyrrole nitrogens is 1. The van der Waals surface area contributed by atoms with Gasteiger partial charge in [0.2, 0.25) is 5.91 Å². The second-order valence-electron chi connectivity index (χ2n) is 7.09. The highest BCUT2D eigenvalue weighted by atomic mass is 32.2. The minimum atomic E-state index is -0.354. The third kappa shape index (κ3) is 3.69.